The van der Waals surface area contributed by atoms with Crippen molar-refractivity contribution in [1.82, 2.24) is 31.1 Å². The molecule has 4 aliphatic heterocycles. The predicted octanol–water partition coefficient (Wildman–Crippen LogP) is -1.62. The van der Waals surface area contributed by atoms with Crippen molar-refractivity contribution in [2.75, 3.05) is 65.4 Å². The number of hydrogen-bond acceptors (Lipinski definition) is 8. The van der Waals surface area contributed by atoms with Crippen LogP contribution in [0.4, 0.5) is 4.39 Å². The number of nitrogens with zero attached hydrogens (tertiary/aromatic N) is 3. The first-order valence-corrected chi connectivity index (χ1v) is 15.6. The Morgan fingerprint density at radius 1 is 1.02 bits per heavy atom. The molecule has 5 rings (SSSR count). The van der Waals surface area contributed by atoms with Crippen molar-refractivity contribution in [1.29, 1.82) is 0 Å². The van der Waals surface area contributed by atoms with Crippen LogP contribution in [0, 0.1) is 17.8 Å². The Morgan fingerprint density at radius 2 is 1.73 bits per heavy atom. The first-order valence-electron chi connectivity index (χ1n) is 15.6. The number of nitrogens with one attached hydrogen (secondary N) is 4. The molecule has 1 aliphatic carbocycles. The van der Waals surface area contributed by atoms with Gasteiger partial charge in [0.15, 0.2) is 18.4 Å². The lowest BCUT2D eigenvalue weighted by molar-refractivity contribution is -0.595. The molecule has 0 aromatic rings. The fourth-order valence-corrected chi connectivity index (χ4v) is 7.72. The van der Waals surface area contributed by atoms with E-state index in [9.17, 15) is 14.0 Å². The van der Waals surface area contributed by atoms with Gasteiger partial charge in [-0.1, -0.05) is 6.92 Å². The molecule has 11 nitrogen and oxygen atoms in total. The number of piperidine rings is 2. The van der Waals surface area contributed by atoms with Crippen molar-refractivity contribution in [3.05, 3.63) is 0 Å². The number of carbonyl (C=O) groups is 2. The average Bonchev–Trinajstić information content (AvgIpc) is 3.49. The molecule has 12 heteroatoms. The number of alkyl halides is 1. The number of rotatable bonds is 6. The quantitative estimate of drug-likeness (QED) is 0.167. The first-order chi connectivity index (χ1) is 19.3. The molecule has 0 aromatic carbocycles. The maximum absolute atomic E-state index is 14.5. The third kappa shape index (κ3) is 6.68. The number of halogens is 1. The van der Waals surface area contributed by atoms with E-state index in [-0.39, 0.29) is 37.0 Å². The highest BCUT2D eigenvalue weighted by Crippen LogP contribution is 2.27. The fourth-order valence-electron chi connectivity index (χ4n) is 7.72. The van der Waals surface area contributed by atoms with Crippen LogP contribution in [-0.2, 0) is 9.59 Å². The normalized spacial score (nSPS) is 33.8. The molecule has 4 saturated heterocycles. The third-order valence-corrected chi connectivity index (χ3v) is 9.81. The fraction of sp³-hybridized carbons (Fsp3) is 0.893. The molecular weight excluding hydrogens is 513 g/mol. The SMILES string of the molecule is CC1CNCC(NC(=O)C(C(N)N)C2NCC(F)C[N+]2=C2CCCC2)C1N1CCC(C(=O)N2CCNCC2)CC1. The number of carbonyl (C=O) groups excluding carboxylic acids is 2. The van der Waals surface area contributed by atoms with Crippen molar-refractivity contribution < 1.29 is 18.6 Å². The lowest BCUT2D eigenvalue weighted by atomic mass is 9.85. The Kier molecular flexibility index (Phi) is 10.1. The van der Waals surface area contributed by atoms with Gasteiger partial charge < -0.3 is 32.3 Å². The Labute approximate surface area is 238 Å². The maximum atomic E-state index is 14.5. The van der Waals surface area contributed by atoms with Crippen LogP contribution in [0.3, 0.4) is 0 Å². The summed E-state index contributed by atoms with van der Waals surface area (Å²) in [4.78, 5) is 31.5. The minimum Gasteiger partial charge on any atom is -0.350 e. The molecule has 0 spiro atoms. The minimum absolute atomic E-state index is 0.0785. The van der Waals surface area contributed by atoms with Crippen molar-refractivity contribution in [3.63, 3.8) is 0 Å². The number of likely N-dealkylation sites (tertiary alicyclic amines) is 1. The van der Waals surface area contributed by atoms with Gasteiger partial charge in [0.1, 0.15) is 5.92 Å². The van der Waals surface area contributed by atoms with Crippen molar-refractivity contribution >= 4 is 17.5 Å². The van der Waals surface area contributed by atoms with Crippen molar-refractivity contribution in [2.45, 2.75) is 76.0 Å². The van der Waals surface area contributed by atoms with E-state index >= 15 is 0 Å². The van der Waals surface area contributed by atoms with E-state index in [2.05, 4.69) is 33.1 Å². The van der Waals surface area contributed by atoms with Crippen LogP contribution in [0.25, 0.3) is 0 Å². The van der Waals surface area contributed by atoms with E-state index in [0.717, 1.165) is 84.3 Å². The smallest absolute Gasteiger partial charge is 0.234 e. The molecule has 0 bridgehead atoms. The molecular formula is C28H51FN9O2+. The van der Waals surface area contributed by atoms with E-state index in [4.69, 9.17) is 11.5 Å². The zero-order valence-electron chi connectivity index (χ0n) is 24.1. The maximum Gasteiger partial charge on any atom is 0.234 e. The highest BCUT2D eigenvalue weighted by molar-refractivity contribution is 5.83. The summed E-state index contributed by atoms with van der Waals surface area (Å²) in [5.41, 5.74) is 13.7. The molecule has 40 heavy (non-hydrogen) atoms. The molecule has 5 aliphatic rings. The molecule has 5 fully saturated rings. The van der Waals surface area contributed by atoms with Gasteiger partial charge in [-0.25, -0.2) is 8.97 Å². The lowest BCUT2D eigenvalue weighted by Crippen LogP contribution is -2.68. The van der Waals surface area contributed by atoms with Crippen LogP contribution in [-0.4, -0.2) is 128 Å². The van der Waals surface area contributed by atoms with Gasteiger partial charge in [0, 0.05) is 64.1 Å². The van der Waals surface area contributed by atoms with Gasteiger partial charge in [0.25, 0.3) is 0 Å². The highest BCUT2D eigenvalue weighted by Gasteiger charge is 2.47. The summed E-state index contributed by atoms with van der Waals surface area (Å²) >= 11 is 0. The largest absolute Gasteiger partial charge is 0.350 e. The molecule has 6 atom stereocenters. The van der Waals surface area contributed by atoms with E-state index in [1.807, 2.05) is 9.48 Å². The summed E-state index contributed by atoms with van der Waals surface area (Å²) in [6.07, 6.45) is 3.45. The van der Waals surface area contributed by atoms with Crippen LogP contribution in [0.15, 0.2) is 0 Å². The van der Waals surface area contributed by atoms with E-state index < -0.39 is 24.4 Å². The van der Waals surface area contributed by atoms with Crippen LogP contribution in [0.1, 0.15) is 45.4 Å². The third-order valence-electron chi connectivity index (χ3n) is 9.81. The zero-order valence-corrected chi connectivity index (χ0v) is 24.1. The van der Waals surface area contributed by atoms with Gasteiger partial charge in [-0.3, -0.25) is 19.8 Å². The monoisotopic (exact) mass is 564 g/mol. The van der Waals surface area contributed by atoms with Gasteiger partial charge in [0.2, 0.25) is 18.0 Å². The number of nitrogens with two attached hydrogens (primary N) is 2. The number of amides is 2. The van der Waals surface area contributed by atoms with Crippen molar-refractivity contribution in [2.24, 2.45) is 29.2 Å². The second-order valence-corrected chi connectivity index (χ2v) is 12.6. The van der Waals surface area contributed by atoms with Crippen molar-refractivity contribution in [3.8, 4) is 0 Å². The molecule has 0 radical (unpaired) electrons. The van der Waals surface area contributed by atoms with Crippen LogP contribution in [0.5, 0.6) is 0 Å². The minimum atomic E-state index is -0.990. The molecule has 6 unspecified atom stereocenters. The standard InChI is InChI=1S/C28H50FN9O2/c1-18-14-33-16-22(24(18)36-10-6-19(7-11-36)28(40)37-12-8-32-9-13-37)35-27(39)23(25(30)31)26-34-15-20(29)17-38(26)21-4-2-3-5-21/h18-20,22-26,32-34H,2-17,30-31H2,1H3/p+1. The highest BCUT2D eigenvalue weighted by atomic mass is 19.1. The molecule has 1 saturated carbocycles. The summed E-state index contributed by atoms with van der Waals surface area (Å²) < 4.78 is 16.5. The van der Waals surface area contributed by atoms with E-state index in [0.29, 0.717) is 18.4 Å². The van der Waals surface area contributed by atoms with Crippen LogP contribution in [0.2, 0.25) is 0 Å². The van der Waals surface area contributed by atoms with E-state index in [1.54, 1.807) is 0 Å². The second kappa shape index (κ2) is 13.5. The molecule has 226 valence electrons. The Balaban J connectivity index is 1.25. The molecule has 8 N–H and O–H groups in total. The number of piperazine rings is 1. The zero-order chi connectivity index (χ0) is 28.2. The van der Waals surface area contributed by atoms with Crippen LogP contribution >= 0.6 is 0 Å². The molecule has 4 heterocycles. The summed E-state index contributed by atoms with van der Waals surface area (Å²) in [5, 5.41) is 13.4. The summed E-state index contributed by atoms with van der Waals surface area (Å²) in [5.74, 6) is -0.182. The van der Waals surface area contributed by atoms with Gasteiger partial charge in [-0.15, -0.1) is 0 Å². The van der Waals surface area contributed by atoms with Gasteiger partial charge >= 0.3 is 0 Å². The Morgan fingerprint density at radius 3 is 2.40 bits per heavy atom. The summed E-state index contributed by atoms with van der Waals surface area (Å²) in [6, 6.07) is 0.0490. The van der Waals surface area contributed by atoms with Crippen LogP contribution < -0.4 is 32.7 Å². The Hall–Kier alpha value is -1.70. The first kappa shape index (κ1) is 29.8. The van der Waals surface area contributed by atoms with Gasteiger partial charge in [-0.05, 0) is 51.2 Å². The van der Waals surface area contributed by atoms with Gasteiger partial charge in [-0.2, -0.15) is 0 Å². The topological polar surface area (TPSA) is 144 Å². The Bertz CT molecular complexity index is 911. The average molecular weight is 565 g/mol. The molecule has 2 amide bonds. The summed E-state index contributed by atoms with van der Waals surface area (Å²) in [6.45, 7) is 9.25. The van der Waals surface area contributed by atoms with E-state index in [1.165, 1.54) is 5.71 Å². The molecule has 0 aromatic heterocycles. The lowest BCUT2D eigenvalue weighted by Gasteiger charge is -2.47. The summed E-state index contributed by atoms with van der Waals surface area (Å²) in [7, 11) is 0. The number of hydrogen-bond donors (Lipinski definition) is 6. The second-order valence-electron chi connectivity index (χ2n) is 12.6. The van der Waals surface area contributed by atoms with Gasteiger partial charge in [0.05, 0.1) is 12.2 Å². The predicted molar refractivity (Wildman–Crippen MR) is 152 cm³/mol.